The molecule has 92 valence electrons. The van der Waals surface area contributed by atoms with Gasteiger partial charge in [0.1, 0.15) is 5.60 Å². The molecule has 1 amide bonds. The van der Waals surface area contributed by atoms with Crippen LogP contribution >= 0.6 is 0 Å². The summed E-state index contributed by atoms with van der Waals surface area (Å²) in [6.45, 7) is 11.6. The molecule has 1 N–H and O–H groups in total. The first-order chi connectivity index (χ1) is 7.42. The molecule has 0 radical (unpaired) electrons. The van der Waals surface area contributed by atoms with Crippen LogP contribution < -0.4 is 5.32 Å². The van der Waals surface area contributed by atoms with Crippen LogP contribution in [0.25, 0.3) is 0 Å². The Balaban J connectivity index is 2.35. The first-order valence-corrected chi connectivity index (χ1v) is 5.74. The molecule has 0 saturated carbocycles. The van der Waals surface area contributed by atoms with E-state index in [4.69, 9.17) is 4.74 Å². The normalized spacial score (nSPS) is 20.9. The van der Waals surface area contributed by atoms with Crippen molar-refractivity contribution in [2.75, 3.05) is 19.6 Å². The minimum Gasteiger partial charge on any atom is -0.444 e. The van der Waals surface area contributed by atoms with E-state index in [2.05, 4.69) is 11.9 Å². The van der Waals surface area contributed by atoms with Crippen molar-refractivity contribution in [2.24, 2.45) is 0 Å². The number of nitrogens with zero attached hydrogens (tertiary/aromatic N) is 1. The fraction of sp³-hybridized carbons (Fsp3) is 0.750. The molecule has 0 bridgehead atoms. The van der Waals surface area contributed by atoms with Gasteiger partial charge in [0, 0.05) is 25.7 Å². The molecule has 0 aliphatic carbocycles. The summed E-state index contributed by atoms with van der Waals surface area (Å²) in [7, 11) is 0. The molecule has 1 atom stereocenters. The van der Waals surface area contributed by atoms with Crippen LogP contribution in [-0.4, -0.2) is 42.3 Å². The average molecular weight is 226 g/mol. The molecule has 4 nitrogen and oxygen atoms in total. The van der Waals surface area contributed by atoms with Crippen molar-refractivity contribution in [1.29, 1.82) is 0 Å². The highest BCUT2D eigenvalue weighted by molar-refractivity contribution is 5.68. The van der Waals surface area contributed by atoms with Crippen molar-refractivity contribution in [2.45, 2.75) is 38.8 Å². The minimum atomic E-state index is -0.413. The maximum atomic E-state index is 11.7. The number of rotatable bonds is 3. The van der Waals surface area contributed by atoms with Gasteiger partial charge in [-0.1, -0.05) is 6.08 Å². The summed E-state index contributed by atoms with van der Waals surface area (Å²) in [5.41, 5.74) is -0.413. The first kappa shape index (κ1) is 13.0. The molecule has 0 aromatic carbocycles. The second-order valence-electron chi connectivity index (χ2n) is 5.11. The number of nitrogens with one attached hydrogen (secondary N) is 1. The van der Waals surface area contributed by atoms with Gasteiger partial charge < -0.3 is 15.0 Å². The van der Waals surface area contributed by atoms with E-state index in [1.807, 2.05) is 26.8 Å². The van der Waals surface area contributed by atoms with Gasteiger partial charge in [0.15, 0.2) is 0 Å². The van der Waals surface area contributed by atoms with Gasteiger partial charge in [-0.3, -0.25) is 0 Å². The van der Waals surface area contributed by atoms with Crippen molar-refractivity contribution in [3.05, 3.63) is 12.7 Å². The van der Waals surface area contributed by atoms with Crippen molar-refractivity contribution in [3.63, 3.8) is 0 Å². The molecule has 16 heavy (non-hydrogen) atoms. The smallest absolute Gasteiger partial charge is 0.410 e. The lowest BCUT2D eigenvalue weighted by atomic mass is 10.2. The Morgan fingerprint density at radius 3 is 2.88 bits per heavy atom. The Labute approximate surface area is 97.6 Å². The summed E-state index contributed by atoms with van der Waals surface area (Å²) in [6.07, 6.45) is 2.60. The minimum absolute atomic E-state index is 0.213. The zero-order valence-corrected chi connectivity index (χ0v) is 10.5. The quantitative estimate of drug-likeness (QED) is 0.746. The van der Waals surface area contributed by atoms with Crippen molar-refractivity contribution >= 4 is 6.09 Å². The molecule has 1 aliphatic heterocycles. The van der Waals surface area contributed by atoms with Gasteiger partial charge >= 0.3 is 6.09 Å². The van der Waals surface area contributed by atoms with Gasteiger partial charge in [0.25, 0.3) is 0 Å². The van der Waals surface area contributed by atoms with Crippen LogP contribution in [-0.2, 0) is 4.74 Å². The Morgan fingerprint density at radius 2 is 2.31 bits per heavy atom. The lowest BCUT2D eigenvalue weighted by Crippen LogP contribution is -2.38. The van der Waals surface area contributed by atoms with E-state index in [0.717, 1.165) is 26.1 Å². The monoisotopic (exact) mass is 226 g/mol. The van der Waals surface area contributed by atoms with Crippen LogP contribution in [0.15, 0.2) is 12.7 Å². The van der Waals surface area contributed by atoms with Gasteiger partial charge in [0.05, 0.1) is 0 Å². The molecule has 4 heteroatoms. The second kappa shape index (κ2) is 5.34. The summed E-state index contributed by atoms with van der Waals surface area (Å²) < 4.78 is 5.31. The maximum absolute atomic E-state index is 11.7. The van der Waals surface area contributed by atoms with E-state index in [9.17, 15) is 4.79 Å². The topological polar surface area (TPSA) is 41.6 Å². The van der Waals surface area contributed by atoms with Gasteiger partial charge in [-0.15, -0.1) is 6.58 Å². The molecule has 1 heterocycles. The number of likely N-dealkylation sites (tertiary alicyclic amines) is 1. The van der Waals surface area contributed by atoms with Gasteiger partial charge in [-0.2, -0.15) is 0 Å². The number of carbonyl (C=O) groups is 1. The molecule has 1 rings (SSSR count). The van der Waals surface area contributed by atoms with Crippen LogP contribution in [0.4, 0.5) is 4.79 Å². The van der Waals surface area contributed by atoms with Gasteiger partial charge in [-0.05, 0) is 27.2 Å². The van der Waals surface area contributed by atoms with E-state index in [1.165, 1.54) is 0 Å². The average Bonchev–Trinajstić information content (AvgIpc) is 2.60. The van der Waals surface area contributed by atoms with Gasteiger partial charge in [-0.25, -0.2) is 4.79 Å². The van der Waals surface area contributed by atoms with Crippen LogP contribution in [0.5, 0.6) is 0 Å². The summed E-state index contributed by atoms with van der Waals surface area (Å²) in [6, 6.07) is 0.366. The molecule has 0 unspecified atom stereocenters. The van der Waals surface area contributed by atoms with E-state index in [1.54, 1.807) is 4.90 Å². The van der Waals surface area contributed by atoms with E-state index < -0.39 is 5.60 Å². The third kappa shape index (κ3) is 4.23. The largest absolute Gasteiger partial charge is 0.444 e. The van der Waals surface area contributed by atoms with E-state index in [0.29, 0.717) is 6.04 Å². The Hall–Kier alpha value is -1.03. The first-order valence-electron chi connectivity index (χ1n) is 5.74. The fourth-order valence-corrected chi connectivity index (χ4v) is 1.67. The Bertz CT molecular complexity index is 258. The molecule has 1 saturated heterocycles. The van der Waals surface area contributed by atoms with Crippen molar-refractivity contribution < 1.29 is 9.53 Å². The van der Waals surface area contributed by atoms with Crippen molar-refractivity contribution in [3.8, 4) is 0 Å². The Kier molecular flexibility index (Phi) is 4.35. The van der Waals surface area contributed by atoms with E-state index >= 15 is 0 Å². The maximum Gasteiger partial charge on any atom is 0.410 e. The summed E-state index contributed by atoms with van der Waals surface area (Å²) >= 11 is 0. The molecular weight excluding hydrogens is 204 g/mol. The standard InChI is InChI=1S/C12H22N2O2/c1-5-7-13-10-6-8-14(9-10)11(15)16-12(2,3)4/h5,10,13H,1,6-9H2,2-4H3/t10-/m0/s1. The fourth-order valence-electron chi connectivity index (χ4n) is 1.67. The zero-order valence-electron chi connectivity index (χ0n) is 10.5. The second-order valence-corrected chi connectivity index (χ2v) is 5.11. The van der Waals surface area contributed by atoms with Gasteiger partial charge in [0.2, 0.25) is 0 Å². The van der Waals surface area contributed by atoms with Crippen molar-refractivity contribution in [1.82, 2.24) is 10.2 Å². The lowest BCUT2D eigenvalue weighted by molar-refractivity contribution is 0.0291. The zero-order chi connectivity index (χ0) is 12.2. The van der Waals surface area contributed by atoms with Crippen LogP contribution in [0, 0.1) is 0 Å². The Morgan fingerprint density at radius 1 is 1.62 bits per heavy atom. The predicted octanol–water partition coefficient (Wildman–Crippen LogP) is 1.77. The highest BCUT2D eigenvalue weighted by Crippen LogP contribution is 2.15. The number of amides is 1. The van der Waals surface area contributed by atoms with Crippen LogP contribution in [0.2, 0.25) is 0 Å². The molecule has 0 spiro atoms. The molecule has 1 fully saturated rings. The van der Waals surface area contributed by atoms with E-state index in [-0.39, 0.29) is 6.09 Å². The highest BCUT2D eigenvalue weighted by Gasteiger charge is 2.29. The lowest BCUT2D eigenvalue weighted by Gasteiger charge is -2.24. The number of ether oxygens (including phenoxy) is 1. The molecule has 0 aromatic heterocycles. The van der Waals surface area contributed by atoms with Crippen LogP contribution in [0.3, 0.4) is 0 Å². The summed E-state index contributed by atoms with van der Waals surface area (Å²) in [5.74, 6) is 0. The third-order valence-corrected chi connectivity index (χ3v) is 2.39. The summed E-state index contributed by atoms with van der Waals surface area (Å²) in [5, 5.41) is 3.31. The molecule has 0 aromatic rings. The number of hydrogen-bond acceptors (Lipinski definition) is 3. The molecular formula is C12H22N2O2. The SMILES string of the molecule is C=CCN[C@H]1CCN(C(=O)OC(C)(C)C)C1. The number of hydrogen-bond donors (Lipinski definition) is 1. The molecule has 1 aliphatic rings. The highest BCUT2D eigenvalue weighted by atomic mass is 16.6. The third-order valence-electron chi connectivity index (χ3n) is 2.39. The predicted molar refractivity (Wildman–Crippen MR) is 64.4 cm³/mol. The van der Waals surface area contributed by atoms with Crippen LogP contribution in [0.1, 0.15) is 27.2 Å². The summed E-state index contributed by atoms with van der Waals surface area (Å²) in [4.78, 5) is 13.5. The number of carbonyl (C=O) groups excluding carboxylic acids is 1.